The molecule has 1 unspecified atom stereocenters. The fourth-order valence-corrected chi connectivity index (χ4v) is 2.25. The lowest BCUT2D eigenvalue weighted by atomic mass is 10.1. The third kappa shape index (κ3) is 2.79. The number of aryl methyl sites for hydroxylation is 1. The Morgan fingerprint density at radius 3 is 3.13 bits per heavy atom. The second-order valence-corrected chi connectivity index (χ2v) is 4.38. The maximum atomic E-state index is 8.87. The topological polar surface area (TPSA) is 41.3 Å². The van der Waals surface area contributed by atoms with Crippen LogP contribution in [0.5, 0.6) is 0 Å². The molecule has 1 saturated heterocycles. The highest BCUT2D eigenvalue weighted by Crippen LogP contribution is 2.20. The summed E-state index contributed by atoms with van der Waals surface area (Å²) < 4.78 is 1.84. The van der Waals surface area contributed by atoms with Gasteiger partial charge >= 0.3 is 0 Å². The number of nitrogens with zero attached hydrogens (tertiary/aromatic N) is 3. The molecule has 0 saturated carbocycles. The molecule has 0 spiro atoms. The Kier molecular flexibility index (Phi) is 3.38. The first-order valence-corrected chi connectivity index (χ1v) is 5.59. The molecule has 1 aromatic rings. The fourth-order valence-electron chi connectivity index (χ4n) is 2.25. The van der Waals surface area contributed by atoms with Gasteiger partial charge in [-0.25, -0.2) is 0 Å². The molecule has 1 atom stereocenters. The molecule has 0 aliphatic carbocycles. The van der Waals surface area contributed by atoms with Gasteiger partial charge in [0.2, 0.25) is 0 Å². The molecular formula is C11H19N3O. The molecule has 84 valence electrons. The molecule has 0 radical (unpaired) electrons. The molecule has 1 N–H and O–H groups in total. The van der Waals surface area contributed by atoms with E-state index in [0.29, 0.717) is 12.5 Å². The molecule has 1 aliphatic heterocycles. The number of hydrogen-bond acceptors (Lipinski definition) is 3. The lowest BCUT2D eigenvalue weighted by Crippen LogP contribution is -2.20. The number of hydrogen-bond donors (Lipinski definition) is 1. The van der Waals surface area contributed by atoms with Crippen molar-refractivity contribution >= 4 is 0 Å². The molecule has 15 heavy (non-hydrogen) atoms. The Morgan fingerprint density at radius 1 is 1.60 bits per heavy atom. The highest BCUT2D eigenvalue weighted by molar-refractivity contribution is 4.99. The summed E-state index contributed by atoms with van der Waals surface area (Å²) in [7, 11) is 1.95. The third-order valence-electron chi connectivity index (χ3n) is 3.06. The summed E-state index contributed by atoms with van der Waals surface area (Å²) in [6, 6.07) is 2.07. The van der Waals surface area contributed by atoms with Gasteiger partial charge in [0.25, 0.3) is 0 Å². The van der Waals surface area contributed by atoms with E-state index in [1.165, 1.54) is 6.42 Å². The van der Waals surface area contributed by atoms with Crippen LogP contribution < -0.4 is 0 Å². The lowest BCUT2D eigenvalue weighted by Gasteiger charge is -2.13. The highest BCUT2D eigenvalue weighted by Gasteiger charge is 2.22. The van der Waals surface area contributed by atoms with Crippen LogP contribution in [0.25, 0.3) is 0 Å². The van der Waals surface area contributed by atoms with Crippen LogP contribution in [0, 0.1) is 5.92 Å². The van der Waals surface area contributed by atoms with Gasteiger partial charge in [0, 0.05) is 32.9 Å². The minimum Gasteiger partial charge on any atom is -0.396 e. The van der Waals surface area contributed by atoms with Crippen LogP contribution >= 0.6 is 0 Å². The van der Waals surface area contributed by atoms with Crippen molar-refractivity contribution in [3.05, 3.63) is 18.0 Å². The highest BCUT2D eigenvalue weighted by atomic mass is 16.3. The molecule has 1 fully saturated rings. The second-order valence-electron chi connectivity index (χ2n) is 4.38. The first-order chi connectivity index (χ1) is 7.28. The third-order valence-corrected chi connectivity index (χ3v) is 3.06. The minimum atomic E-state index is 0.322. The van der Waals surface area contributed by atoms with Crippen molar-refractivity contribution < 1.29 is 5.11 Å². The normalized spacial score (nSPS) is 22.4. The average molecular weight is 209 g/mol. The van der Waals surface area contributed by atoms with E-state index in [1.54, 1.807) is 0 Å². The quantitative estimate of drug-likeness (QED) is 0.790. The number of likely N-dealkylation sites (tertiary alicyclic amines) is 1. The first kappa shape index (κ1) is 10.6. The van der Waals surface area contributed by atoms with Gasteiger partial charge in [-0.05, 0) is 31.4 Å². The monoisotopic (exact) mass is 209 g/mol. The fraction of sp³-hybridized carbons (Fsp3) is 0.727. The van der Waals surface area contributed by atoms with Gasteiger partial charge in [-0.1, -0.05) is 0 Å². The van der Waals surface area contributed by atoms with Gasteiger partial charge in [-0.15, -0.1) is 0 Å². The van der Waals surface area contributed by atoms with Gasteiger partial charge in [-0.3, -0.25) is 9.58 Å². The molecule has 2 heterocycles. The van der Waals surface area contributed by atoms with Crippen molar-refractivity contribution in [2.45, 2.75) is 19.4 Å². The Hall–Kier alpha value is -0.870. The number of rotatable bonds is 4. The van der Waals surface area contributed by atoms with Crippen molar-refractivity contribution in [3.63, 3.8) is 0 Å². The predicted molar refractivity (Wildman–Crippen MR) is 58.3 cm³/mol. The average Bonchev–Trinajstić information content (AvgIpc) is 2.78. The Morgan fingerprint density at radius 2 is 2.47 bits per heavy atom. The van der Waals surface area contributed by atoms with Gasteiger partial charge in [0.15, 0.2) is 0 Å². The zero-order chi connectivity index (χ0) is 10.7. The molecule has 0 amide bonds. The number of aliphatic hydroxyl groups is 1. The SMILES string of the molecule is Cn1ccc(CN2CCC(CCO)C2)n1. The molecule has 4 heteroatoms. The van der Waals surface area contributed by atoms with E-state index in [2.05, 4.69) is 16.1 Å². The Labute approximate surface area is 90.5 Å². The Balaban J connectivity index is 1.82. The standard InChI is InChI=1S/C11H19N3O/c1-13-5-3-11(12-13)9-14-6-2-10(8-14)4-7-15/h3,5,10,15H,2,4,6-9H2,1H3. The first-order valence-electron chi connectivity index (χ1n) is 5.59. The van der Waals surface area contributed by atoms with Crippen LogP contribution in [0.4, 0.5) is 0 Å². The molecule has 0 bridgehead atoms. The predicted octanol–water partition coefficient (Wildman–Crippen LogP) is 0.624. The van der Waals surface area contributed by atoms with E-state index in [9.17, 15) is 0 Å². The summed E-state index contributed by atoms with van der Waals surface area (Å²) in [5, 5.41) is 13.2. The van der Waals surface area contributed by atoms with Crippen molar-refractivity contribution in [3.8, 4) is 0 Å². The van der Waals surface area contributed by atoms with Crippen LogP contribution in [-0.2, 0) is 13.6 Å². The molecule has 4 nitrogen and oxygen atoms in total. The zero-order valence-corrected chi connectivity index (χ0v) is 9.26. The van der Waals surface area contributed by atoms with Crippen LogP contribution in [0.2, 0.25) is 0 Å². The van der Waals surface area contributed by atoms with Crippen LogP contribution in [-0.4, -0.2) is 39.5 Å². The molecule has 2 rings (SSSR count). The van der Waals surface area contributed by atoms with Crippen molar-refractivity contribution in [1.29, 1.82) is 0 Å². The lowest BCUT2D eigenvalue weighted by molar-refractivity contribution is 0.248. The summed E-state index contributed by atoms with van der Waals surface area (Å²) in [6.07, 6.45) is 4.14. The molecule has 1 aromatic heterocycles. The maximum absolute atomic E-state index is 8.87. The van der Waals surface area contributed by atoms with Crippen LogP contribution in [0.15, 0.2) is 12.3 Å². The van der Waals surface area contributed by atoms with Gasteiger partial charge in [-0.2, -0.15) is 5.10 Å². The molecule has 0 aromatic carbocycles. The summed E-state index contributed by atoms with van der Waals surface area (Å²) in [5.41, 5.74) is 1.14. The van der Waals surface area contributed by atoms with Gasteiger partial charge in [0.05, 0.1) is 5.69 Å². The van der Waals surface area contributed by atoms with E-state index >= 15 is 0 Å². The number of aliphatic hydroxyl groups excluding tert-OH is 1. The maximum Gasteiger partial charge on any atom is 0.0764 e. The zero-order valence-electron chi connectivity index (χ0n) is 9.26. The van der Waals surface area contributed by atoms with Gasteiger partial charge in [0.1, 0.15) is 0 Å². The largest absolute Gasteiger partial charge is 0.396 e. The van der Waals surface area contributed by atoms with Crippen molar-refractivity contribution in [2.75, 3.05) is 19.7 Å². The summed E-state index contributed by atoms with van der Waals surface area (Å²) in [6.45, 7) is 3.52. The van der Waals surface area contributed by atoms with E-state index < -0.39 is 0 Å². The van der Waals surface area contributed by atoms with Crippen molar-refractivity contribution in [2.24, 2.45) is 13.0 Å². The molecule has 1 aliphatic rings. The van der Waals surface area contributed by atoms with Crippen molar-refractivity contribution in [1.82, 2.24) is 14.7 Å². The summed E-state index contributed by atoms with van der Waals surface area (Å²) in [5.74, 6) is 0.679. The van der Waals surface area contributed by atoms with Crippen LogP contribution in [0.3, 0.4) is 0 Å². The second kappa shape index (κ2) is 4.77. The van der Waals surface area contributed by atoms with E-state index in [1.807, 2.05) is 17.9 Å². The van der Waals surface area contributed by atoms with E-state index in [4.69, 9.17) is 5.11 Å². The van der Waals surface area contributed by atoms with E-state index in [-0.39, 0.29) is 0 Å². The van der Waals surface area contributed by atoms with Gasteiger partial charge < -0.3 is 5.11 Å². The minimum absolute atomic E-state index is 0.322. The summed E-state index contributed by atoms with van der Waals surface area (Å²) in [4.78, 5) is 2.42. The summed E-state index contributed by atoms with van der Waals surface area (Å²) >= 11 is 0. The number of aromatic nitrogens is 2. The van der Waals surface area contributed by atoms with Crippen LogP contribution in [0.1, 0.15) is 18.5 Å². The molecular weight excluding hydrogens is 190 g/mol. The Bertz CT molecular complexity index is 311. The smallest absolute Gasteiger partial charge is 0.0764 e. The van der Waals surface area contributed by atoms with E-state index in [0.717, 1.165) is 31.7 Å².